The van der Waals surface area contributed by atoms with Gasteiger partial charge in [0.1, 0.15) is 0 Å². The van der Waals surface area contributed by atoms with Crippen LogP contribution in [-0.4, -0.2) is 5.78 Å². The summed E-state index contributed by atoms with van der Waals surface area (Å²) in [6.45, 7) is 5.91. The van der Waals surface area contributed by atoms with E-state index in [-0.39, 0.29) is 11.7 Å². The molecule has 1 atom stereocenters. The molecule has 1 rings (SSSR count). The smallest absolute Gasteiger partial charge is 0.169 e. The Labute approximate surface area is 97.5 Å². The minimum absolute atomic E-state index is 0.0707. The Morgan fingerprint density at radius 1 is 1.25 bits per heavy atom. The Morgan fingerprint density at radius 2 is 1.88 bits per heavy atom. The lowest BCUT2D eigenvalue weighted by atomic mass is 9.97. The summed E-state index contributed by atoms with van der Waals surface area (Å²) in [7, 11) is 0. The van der Waals surface area contributed by atoms with Crippen molar-refractivity contribution in [3.05, 3.63) is 59.7 Å². The first-order valence-corrected chi connectivity index (χ1v) is 5.55. The van der Waals surface area contributed by atoms with Crippen LogP contribution in [0.2, 0.25) is 0 Å². The summed E-state index contributed by atoms with van der Waals surface area (Å²) in [5.74, 6) is 0.100. The molecule has 1 aromatic rings. The van der Waals surface area contributed by atoms with Gasteiger partial charge in [-0.1, -0.05) is 61.1 Å². The zero-order valence-corrected chi connectivity index (χ0v) is 10.1. The zero-order chi connectivity index (χ0) is 12.0. The SMILES string of the molecule is C/C=C/C(C)=C/[C@@H](C)C(=O)c1ccccc1. The average molecular weight is 214 g/mol. The maximum Gasteiger partial charge on any atom is 0.169 e. The van der Waals surface area contributed by atoms with Gasteiger partial charge in [-0.15, -0.1) is 0 Å². The molecule has 1 heteroatoms. The fourth-order valence-electron chi connectivity index (χ4n) is 1.65. The third-order valence-corrected chi connectivity index (χ3v) is 2.41. The maximum atomic E-state index is 12.0. The van der Waals surface area contributed by atoms with Crippen molar-refractivity contribution in [2.45, 2.75) is 20.8 Å². The van der Waals surface area contributed by atoms with Crippen LogP contribution >= 0.6 is 0 Å². The molecule has 0 radical (unpaired) electrons. The Hall–Kier alpha value is -1.63. The van der Waals surface area contributed by atoms with Gasteiger partial charge in [0.05, 0.1) is 0 Å². The molecule has 0 saturated carbocycles. The van der Waals surface area contributed by atoms with Crippen molar-refractivity contribution >= 4 is 5.78 Å². The lowest BCUT2D eigenvalue weighted by molar-refractivity contribution is 0.0953. The molecule has 0 spiro atoms. The van der Waals surface area contributed by atoms with E-state index in [9.17, 15) is 4.79 Å². The summed E-state index contributed by atoms with van der Waals surface area (Å²) in [4.78, 5) is 12.0. The van der Waals surface area contributed by atoms with E-state index in [1.807, 2.05) is 69.3 Å². The fourth-order valence-corrected chi connectivity index (χ4v) is 1.65. The van der Waals surface area contributed by atoms with Crippen LogP contribution in [0.1, 0.15) is 31.1 Å². The van der Waals surface area contributed by atoms with Gasteiger partial charge in [0, 0.05) is 11.5 Å². The van der Waals surface area contributed by atoms with Gasteiger partial charge in [0.25, 0.3) is 0 Å². The molecule has 1 nitrogen and oxygen atoms in total. The van der Waals surface area contributed by atoms with Crippen LogP contribution in [0.15, 0.2) is 54.1 Å². The number of ketones is 1. The van der Waals surface area contributed by atoms with Crippen molar-refractivity contribution in [1.29, 1.82) is 0 Å². The van der Waals surface area contributed by atoms with Crippen molar-refractivity contribution in [2.24, 2.45) is 5.92 Å². The van der Waals surface area contributed by atoms with E-state index in [1.165, 1.54) is 0 Å². The minimum atomic E-state index is -0.0707. The molecule has 0 aliphatic carbocycles. The van der Waals surface area contributed by atoms with Gasteiger partial charge in [-0.05, 0) is 13.8 Å². The van der Waals surface area contributed by atoms with Crippen molar-refractivity contribution in [3.63, 3.8) is 0 Å². The van der Waals surface area contributed by atoms with Gasteiger partial charge >= 0.3 is 0 Å². The number of Topliss-reactive ketones (excluding diaryl/α,β-unsaturated/α-hetero) is 1. The summed E-state index contributed by atoms with van der Waals surface area (Å²) in [5, 5.41) is 0. The molecule has 84 valence electrons. The molecule has 0 bridgehead atoms. The summed E-state index contributed by atoms with van der Waals surface area (Å²) in [6.07, 6.45) is 5.98. The Bertz CT molecular complexity index is 399. The largest absolute Gasteiger partial charge is 0.294 e. The molecule has 0 fully saturated rings. The lowest BCUT2D eigenvalue weighted by Gasteiger charge is -2.06. The van der Waals surface area contributed by atoms with Crippen LogP contribution in [0.3, 0.4) is 0 Å². The van der Waals surface area contributed by atoms with E-state index >= 15 is 0 Å². The normalized spacial score (nSPS) is 14.1. The van der Waals surface area contributed by atoms with Gasteiger partial charge in [0.15, 0.2) is 5.78 Å². The van der Waals surface area contributed by atoms with Crippen LogP contribution in [0.25, 0.3) is 0 Å². The van der Waals surface area contributed by atoms with Crippen molar-refractivity contribution in [2.75, 3.05) is 0 Å². The highest BCUT2D eigenvalue weighted by Gasteiger charge is 2.11. The second-order valence-electron chi connectivity index (χ2n) is 3.93. The molecule has 0 aliphatic rings. The third-order valence-electron chi connectivity index (χ3n) is 2.41. The quantitative estimate of drug-likeness (QED) is 0.546. The second kappa shape index (κ2) is 6.06. The summed E-state index contributed by atoms with van der Waals surface area (Å²) in [5.41, 5.74) is 1.90. The monoisotopic (exact) mass is 214 g/mol. The van der Waals surface area contributed by atoms with Crippen molar-refractivity contribution in [1.82, 2.24) is 0 Å². The standard InChI is InChI=1S/C15H18O/c1-4-8-12(2)11-13(3)15(16)14-9-6-5-7-10-14/h4-11,13H,1-3H3/b8-4+,12-11+/t13-/m1/s1. The predicted molar refractivity (Wildman–Crippen MR) is 68.5 cm³/mol. The summed E-state index contributed by atoms with van der Waals surface area (Å²) in [6, 6.07) is 9.42. The Kier molecular flexibility index (Phi) is 4.71. The highest BCUT2D eigenvalue weighted by molar-refractivity contribution is 5.98. The molecule has 0 saturated heterocycles. The summed E-state index contributed by atoms with van der Waals surface area (Å²) >= 11 is 0. The van der Waals surface area contributed by atoms with Crippen molar-refractivity contribution < 1.29 is 4.79 Å². The maximum absolute atomic E-state index is 12.0. The molecule has 0 heterocycles. The molecule has 0 aromatic heterocycles. The van der Waals surface area contributed by atoms with Gasteiger partial charge in [0.2, 0.25) is 0 Å². The van der Waals surface area contributed by atoms with Crippen LogP contribution in [0, 0.1) is 5.92 Å². The zero-order valence-electron chi connectivity index (χ0n) is 10.1. The van der Waals surface area contributed by atoms with Crippen LogP contribution in [-0.2, 0) is 0 Å². The highest BCUT2D eigenvalue weighted by atomic mass is 16.1. The molecule has 0 aliphatic heterocycles. The van der Waals surface area contributed by atoms with Gasteiger partial charge in [-0.2, -0.15) is 0 Å². The first kappa shape index (κ1) is 12.4. The summed E-state index contributed by atoms with van der Waals surface area (Å²) < 4.78 is 0. The second-order valence-corrected chi connectivity index (χ2v) is 3.93. The number of carbonyl (C=O) groups excluding carboxylic acids is 1. The fraction of sp³-hybridized carbons (Fsp3) is 0.267. The topological polar surface area (TPSA) is 17.1 Å². The van der Waals surface area contributed by atoms with Crippen LogP contribution in [0.5, 0.6) is 0 Å². The number of carbonyl (C=O) groups is 1. The van der Waals surface area contributed by atoms with E-state index in [1.54, 1.807) is 0 Å². The van der Waals surface area contributed by atoms with Crippen molar-refractivity contribution in [3.8, 4) is 0 Å². The average Bonchev–Trinajstić information content (AvgIpc) is 2.29. The highest BCUT2D eigenvalue weighted by Crippen LogP contribution is 2.12. The van der Waals surface area contributed by atoms with E-state index in [0.29, 0.717) is 0 Å². The van der Waals surface area contributed by atoms with Crippen LogP contribution in [0.4, 0.5) is 0 Å². The molecule has 0 unspecified atom stereocenters. The number of allylic oxidation sites excluding steroid dienone is 4. The van der Waals surface area contributed by atoms with E-state index in [4.69, 9.17) is 0 Å². The number of hydrogen-bond acceptors (Lipinski definition) is 1. The number of hydrogen-bond donors (Lipinski definition) is 0. The predicted octanol–water partition coefficient (Wildman–Crippen LogP) is 4.03. The van der Waals surface area contributed by atoms with E-state index < -0.39 is 0 Å². The Morgan fingerprint density at radius 3 is 2.44 bits per heavy atom. The first-order valence-electron chi connectivity index (χ1n) is 5.55. The van der Waals surface area contributed by atoms with E-state index in [2.05, 4.69) is 0 Å². The van der Waals surface area contributed by atoms with Gasteiger partial charge < -0.3 is 0 Å². The third kappa shape index (κ3) is 3.50. The number of benzene rings is 1. The molecule has 1 aromatic carbocycles. The van der Waals surface area contributed by atoms with Gasteiger partial charge in [-0.3, -0.25) is 4.79 Å². The molecule has 16 heavy (non-hydrogen) atoms. The molecular formula is C15H18O. The van der Waals surface area contributed by atoms with Gasteiger partial charge in [-0.25, -0.2) is 0 Å². The minimum Gasteiger partial charge on any atom is -0.294 e. The van der Waals surface area contributed by atoms with Crippen LogP contribution < -0.4 is 0 Å². The molecular weight excluding hydrogens is 196 g/mol. The number of rotatable bonds is 4. The first-order chi connectivity index (χ1) is 7.65. The Balaban J connectivity index is 2.80. The lowest BCUT2D eigenvalue weighted by Crippen LogP contribution is -2.08. The molecule has 0 N–H and O–H groups in total. The molecule has 0 amide bonds. The van der Waals surface area contributed by atoms with E-state index in [0.717, 1.165) is 11.1 Å².